The van der Waals surface area contributed by atoms with Crippen LogP contribution in [0.15, 0.2) is 47.6 Å². The molecule has 2 rings (SSSR count). The maximum absolute atomic E-state index is 2.40. The third-order valence-electron chi connectivity index (χ3n) is 4.70. The van der Waals surface area contributed by atoms with Crippen LogP contribution in [0.1, 0.15) is 47.0 Å². The topological polar surface area (TPSA) is 0 Å². The van der Waals surface area contributed by atoms with Crippen molar-refractivity contribution in [1.29, 1.82) is 0 Å². The van der Waals surface area contributed by atoms with Crippen LogP contribution in [0.5, 0.6) is 0 Å². The smallest absolute Gasteiger partial charge is 0.00525 e. The minimum absolute atomic E-state index is 0.240. The van der Waals surface area contributed by atoms with Crippen LogP contribution in [0.3, 0.4) is 0 Å². The molecule has 0 aliphatic heterocycles. The van der Waals surface area contributed by atoms with Crippen molar-refractivity contribution in [2.75, 3.05) is 0 Å². The van der Waals surface area contributed by atoms with Crippen molar-refractivity contribution >= 4 is 0 Å². The van der Waals surface area contributed by atoms with Gasteiger partial charge in [0.05, 0.1) is 0 Å². The molecule has 0 spiro atoms. The van der Waals surface area contributed by atoms with Gasteiger partial charge in [-0.1, -0.05) is 69.7 Å². The zero-order valence-electron chi connectivity index (χ0n) is 11.6. The lowest BCUT2D eigenvalue weighted by Crippen LogP contribution is -2.34. The highest BCUT2D eigenvalue weighted by atomic mass is 14.4. The van der Waals surface area contributed by atoms with Crippen molar-refractivity contribution in [2.45, 2.75) is 47.0 Å². The normalized spacial score (nSPS) is 19.8. The van der Waals surface area contributed by atoms with E-state index in [0.29, 0.717) is 5.41 Å². The zero-order valence-corrected chi connectivity index (χ0v) is 11.6. The van der Waals surface area contributed by atoms with Crippen LogP contribution in [0, 0.1) is 10.8 Å². The van der Waals surface area contributed by atoms with Crippen LogP contribution in [-0.4, -0.2) is 0 Å². The van der Waals surface area contributed by atoms with Crippen molar-refractivity contribution in [3.8, 4) is 0 Å². The highest BCUT2D eigenvalue weighted by molar-refractivity contribution is 5.34. The monoisotopic (exact) mass is 228 g/mol. The van der Waals surface area contributed by atoms with E-state index in [-0.39, 0.29) is 5.41 Å². The van der Waals surface area contributed by atoms with Gasteiger partial charge < -0.3 is 0 Å². The Morgan fingerprint density at radius 3 is 2.41 bits per heavy atom. The van der Waals surface area contributed by atoms with E-state index in [9.17, 15) is 0 Å². The zero-order chi connectivity index (χ0) is 12.5. The molecule has 0 aromatic carbocycles. The molecular weight excluding hydrogens is 204 g/mol. The Kier molecular flexibility index (Phi) is 3.16. The highest BCUT2D eigenvalue weighted by Crippen LogP contribution is 2.50. The van der Waals surface area contributed by atoms with E-state index in [1.165, 1.54) is 12.0 Å². The molecule has 0 saturated carbocycles. The molecule has 92 valence electrons. The predicted molar refractivity (Wildman–Crippen MR) is 75.9 cm³/mol. The van der Waals surface area contributed by atoms with E-state index in [4.69, 9.17) is 0 Å². The average Bonchev–Trinajstić information content (AvgIpc) is 2.87. The quantitative estimate of drug-likeness (QED) is 0.620. The maximum atomic E-state index is 2.40. The van der Waals surface area contributed by atoms with E-state index in [1.54, 1.807) is 5.57 Å². The molecule has 0 bridgehead atoms. The second kappa shape index (κ2) is 4.33. The molecule has 0 heteroatoms. The molecule has 0 aromatic heterocycles. The molecule has 0 heterocycles. The first-order chi connectivity index (χ1) is 7.93. The second-order valence-electron chi connectivity index (χ2n) is 6.44. The molecule has 2 aliphatic rings. The minimum atomic E-state index is 0.240. The van der Waals surface area contributed by atoms with Gasteiger partial charge in [-0.05, 0) is 35.7 Å². The summed E-state index contributed by atoms with van der Waals surface area (Å²) in [6, 6.07) is 0. The maximum Gasteiger partial charge on any atom is -0.00525 e. The van der Waals surface area contributed by atoms with Crippen LogP contribution in [0.25, 0.3) is 0 Å². The number of rotatable bonds is 4. The minimum Gasteiger partial charge on any atom is -0.0805 e. The van der Waals surface area contributed by atoms with Gasteiger partial charge in [0, 0.05) is 0 Å². The lowest BCUT2D eigenvalue weighted by molar-refractivity contribution is 0.155. The first-order valence-corrected chi connectivity index (χ1v) is 6.65. The molecule has 0 atom stereocenters. The fourth-order valence-corrected chi connectivity index (χ4v) is 2.72. The van der Waals surface area contributed by atoms with Gasteiger partial charge in [0.15, 0.2) is 0 Å². The summed E-state index contributed by atoms with van der Waals surface area (Å²) in [6.45, 7) is 9.58. The third kappa shape index (κ3) is 2.31. The van der Waals surface area contributed by atoms with Crippen LogP contribution >= 0.6 is 0 Å². The van der Waals surface area contributed by atoms with Crippen LogP contribution in [-0.2, 0) is 0 Å². The van der Waals surface area contributed by atoms with Gasteiger partial charge in [0.2, 0.25) is 0 Å². The van der Waals surface area contributed by atoms with Gasteiger partial charge in [-0.25, -0.2) is 0 Å². The van der Waals surface area contributed by atoms with E-state index < -0.39 is 0 Å². The largest absolute Gasteiger partial charge is 0.0805 e. The Hall–Kier alpha value is -1.04. The number of hydrogen-bond donors (Lipinski definition) is 0. The number of allylic oxidation sites excluding steroid dienone is 8. The lowest BCUT2D eigenvalue weighted by Gasteiger charge is -2.43. The summed E-state index contributed by atoms with van der Waals surface area (Å²) < 4.78 is 0. The van der Waals surface area contributed by atoms with Crippen LogP contribution in [0.2, 0.25) is 0 Å². The Labute approximate surface area is 106 Å². The summed E-state index contributed by atoms with van der Waals surface area (Å²) in [4.78, 5) is 0. The Morgan fingerprint density at radius 1 is 1.12 bits per heavy atom. The fraction of sp³-hybridized carbons (Fsp3) is 0.529. The van der Waals surface area contributed by atoms with Crippen molar-refractivity contribution in [2.24, 2.45) is 10.8 Å². The molecule has 0 aromatic rings. The summed E-state index contributed by atoms with van der Waals surface area (Å²) >= 11 is 0. The third-order valence-corrected chi connectivity index (χ3v) is 4.70. The summed E-state index contributed by atoms with van der Waals surface area (Å²) in [5.74, 6) is 0. The fourth-order valence-electron chi connectivity index (χ4n) is 2.72. The molecular formula is C17H24. The van der Waals surface area contributed by atoms with E-state index in [2.05, 4.69) is 64.2 Å². The predicted octanol–water partition coefficient (Wildman–Crippen LogP) is 5.20. The molecule has 0 saturated heterocycles. The van der Waals surface area contributed by atoms with Crippen molar-refractivity contribution in [1.82, 2.24) is 0 Å². The molecule has 2 aliphatic carbocycles. The van der Waals surface area contributed by atoms with Crippen molar-refractivity contribution in [3.63, 3.8) is 0 Å². The van der Waals surface area contributed by atoms with Gasteiger partial charge in [0.25, 0.3) is 0 Å². The molecule has 0 radical (unpaired) electrons. The first-order valence-electron chi connectivity index (χ1n) is 6.65. The van der Waals surface area contributed by atoms with E-state index in [0.717, 1.165) is 12.8 Å². The van der Waals surface area contributed by atoms with Crippen molar-refractivity contribution < 1.29 is 0 Å². The lowest BCUT2D eigenvalue weighted by atomic mass is 9.61. The molecule has 0 nitrogen and oxygen atoms in total. The summed E-state index contributed by atoms with van der Waals surface area (Å²) in [7, 11) is 0. The van der Waals surface area contributed by atoms with Gasteiger partial charge >= 0.3 is 0 Å². The van der Waals surface area contributed by atoms with E-state index in [1.807, 2.05) is 0 Å². The van der Waals surface area contributed by atoms with Crippen LogP contribution in [0.4, 0.5) is 0 Å². The Morgan fingerprint density at radius 2 is 1.88 bits per heavy atom. The van der Waals surface area contributed by atoms with Gasteiger partial charge in [-0.15, -0.1) is 0 Å². The molecule has 17 heavy (non-hydrogen) atoms. The summed E-state index contributed by atoms with van der Waals surface area (Å²) in [6.07, 6.45) is 17.1. The van der Waals surface area contributed by atoms with Crippen molar-refractivity contribution in [3.05, 3.63) is 47.6 Å². The summed E-state index contributed by atoms with van der Waals surface area (Å²) in [5.41, 5.74) is 3.62. The molecule has 0 fully saturated rings. The SMILES string of the molecule is CC(C)(CC1=CC=CC1)C(C)(C)C1=CCC=C1. The van der Waals surface area contributed by atoms with Gasteiger partial charge in [-0.3, -0.25) is 0 Å². The molecule has 0 amide bonds. The van der Waals surface area contributed by atoms with Gasteiger partial charge in [-0.2, -0.15) is 0 Å². The summed E-state index contributed by atoms with van der Waals surface area (Å²) in [5, 5.41) is 0. The molecule has 0 N–H and O–H groups in total. The van der Waals surface area contributed by atoms with Crippen LogP contribution < -0.4 is 0 Å². The molecule has 0 unspecified atom stereocenters. The number of hydrogen-bond acceptors (Lipinski definition) is 0. The Balaban J connectivity index is 2.15. The second-order valence-corrected chi connectivity index (χ2v) is 6.44. The standard InChI is InChI=1S/C17H24/c1-16(2,13-14-9-5-6-10-14)17(3,4)15-11-7-8-12-15/h5-7,9,11-12H,8,10,13H2,1-4H3. The first kappa shape index (κ1) is 12.4. The highest BCUT2D eigenvalue weighted by Gasteiger charge is 2.39. The average molecular weight is 228 g/mol. The van der Waals surface area contributed by atoms with E-state index >= 15 is 0 Å². The Bertz CT molecular complexity index is 411. The van der Waals surface area contributed by atoms with Gasteiger partial charge in [0.1, 0.15) is 0 Å².